The van der Waals surface area contributed by atoms with Gasteiger partial charge in [0, 0.05) is 43.6 Å². The molecule has 0 fully saturated rings. The van der Waals surface area contributed by atoms with E-state index < -0.39 is 0 Å². The van der Waals surface area contributed by atoms with Crippen molar-refractivity contribution in [1.82, 2.24) is 19.4 Å². The first-order valence-electron chi connectivity index (χ1n) is 9.34. The molecule has 138 valence electrons. The van der Waals surface area contributed by atoms with E-state index >= 15 is 0 Å². The second-order valence-corrected chi connectivity index (χ2v) is 6.86. The number of fused-ring (bicyclic) bond motifs is 1. The molecule has 4 aromatic rings. The van der Waals surface area contributed by atoms with Gasteiger partial charge in [-0.25, -0.2) is 4.98 Å². The number of benzene rings is 1. The molecule has 0 unspecified atom stereocenters. The van der Waals surface area contributed by atoms with Crippen molar-refractivity contribution in [1.29, 1.82) is 0 Å². The molecule has 3 heterocycles. The summed E-state index contributed by atoms with van der Waals surface area (Å²) in [6.45, 7) is 5.60. The van der Waals surface area contributed by atoms with Gasteiger partial charge in [0.1, 0.15) is 11.5 Å². The smallest absolute Gasteiger partial charge is 0.118 e. The number of hydrogen-bond acceptors (Lipinski definition) is 4. The van der Waals surface area contributed by atoms with Gasteiger partial charge in [0.25, 0.3) is 0 Å². The summed E-state index contributed by atoms with van der Waals surface area (Å²) in [5.41, 5.74) is 2.34. The molecule has 0 aliphatic carbocycles. The first kappa shape index (κ1) is 17.5. The van der Waals surface area contributed by atoms with Crippen LogP contribution in [-0.2, 0) is 19.6 Å². The molecular formula is C22H24N4O. The standard InChI is InChI=1S/C22H24N4O/c1-18-7-8-20(27-18)16-26(13-4-12-25-14-11-23-17-25)15-19-9-10-24-22-6-3-2-5-21(19)22/h2-3,5-11,14,17H,4,12-13,15-16H2,1H3. The van der Waals surface area contributed by atoms with Gasteiger partial charge in [-0.3, -0.25) is 9.88 Å². The predicted molar refractivity (Wildman–Crippen MR) is 106 cm³/mol. The molecule has 0 bridgehead atoms. The van der Waals surface area contributed by atoms with E-state index in [-0.39, 0.29) is 0 Å². The molecule has 0 amide bonds. The molecule has 3 aromatic heterocycles. The summed E-state index contributed by atoms with van der Waals surface area (Å²) in [6, 6.07) is 14.6. The van der Waals surface area contributed by atoms with Crippen LogP contribution in [0.15, 0.2) is 71.8 Å². The third-order valence-electron chi connectivity index (χ3n) is 4.76. The molecule has 5 heteroatoms. The quantitative estimate of drug-likeness (QED) is 0.466. The Balaban J connectivity index is 1.50. The van der Waals surface area contributed by atoms with Crippen LogP contribution in [0.4, 0.5) is 0 Å². The number of pyridine rings is 1. The summed E-state index contributed by atoms with van der Waals surface area (Å²) in [4.78, 5) is 11.0. The van der Waals surface area contributed by atoms with Crippen LogP contribution in [0.1, 0.15) is 23.5 Å². The number of para-hydroxylation sites is 1. The molecule has 0 aliphatic heterocycles. The van der Waals surface area contributed by atoms with E-state index in [1.165, 1.54) is 10.9 Å². The summed E-state index contributed by atoms with van der Waals surface area (Å²) in [5, 5.41) is 1.22. The van der Waals surface area contributed by atoms with Crippen LogP contribution in [0.5, 0.6) is 0 Å². The number of nitrogens with zero attached hydrogens (tertiary/aromatic N) is 4. The molecule has 0 spiro atoms. The fourth-order valence-electron chi connectivity index (χ4n) is 3.43. The zero-order valence-corrected chi connectivity index (χ0v) is 15.6. The fourth-order valence-corrected chi connectivity index (χ4v) is 3.43. The molecule has 27 heavy (non-hydrogen) atoms. The maximum atomic E-state index is 5.82. The number of aryl methyl sites for hydroxylation is 2. The topological polar surface area (TPSA) is 47.1 Å². The summed E-state index contributed by atoms with van der Waals surface area (Å²) < 4.78 is 7.94. The average Bonchev–Trinajstić information content (AvgIpc) is 3.34. The highest BCUT2D eigenvalue weighted by atomic mass is 16.3. The Morgan fingerprint density at radius 2 is 1.96 bits per heavy atom. The molecule has 0 atom stereocenters. The van der Waals surface area contributed by atoms with Gasteiger partial charge in [-0.15, -0.1) is 0 Å². The number of rotatable bonds is 8. The Kier molecular flexibility index (Phi) is 5.30. The zero-order chi connectivity index (χ0) is 18.5. The van der Waals surface area contributed by atoms with E-state index in [4.69, 9.17) is 4.42 Å². The summed E-state index contributed by atoms with van der Waals surface area (Å²) >= 11 is 0. The van der Waals surface area contributed by atoms with E-state index in [2.05, 4.69) is 49.8 Å². The third-order valence-corrected chi connectivity index (χ3v) is 4.76. The van der Waals surface area contributed by atoms with Crippen LogP contribution in [0.25, 0.3) is 10.9 Å². The molecular weight excluding hydrogens is 336 g/mol. The van der Waals surface area contributed by atoms with Crippen molar-refractivity contribution in [2.75, 3.05) is 6.54 Å². The van der Waals surface area contributed by atoms with Crippen LogP contribution in [0.2, 0.25) is 0 Å². The van der Waals surface area contributed by atoms with E-state index in [1.54, 1.807) is 0 Å². The first-order chi connectivity index (χ1) is 13.3. The van der Waals surface area contributed by atoms with E-state index in [0.29, 0.717) is 0 Å². The Labute approximate surface area is 159 Å². The Bertz CT molecular complexity index is 985. The highest BCUT2D eigenvalue weighted by Gasteiger charge is 2.12. The van der Waals surface area contributed by atoms with Crippen molar-refractivity contribution in [2.24, 2.45) is 0 Å². The first-order valence-corrected chi connectivity index (χ1v) is 9.34. The lowest BCUT2D eigenvalue weighted by atomic mass is 10.1. The van der Waals surface area contributed by atoms with Crippen LogP contribution in [0, 0.1) is 6.92 Å². The molecule has 0 saturated carbocycles. The Morgan fingerprint density at radius 1 is 1.04 bits per heavy atom. The summed E-state index contributed by atoms with van der Waals surface area (Å²) in [6.07, 6.45) is 8.66. The second kappa shape index (κ2) is 8.18. The summed E-state index contributed by atoms with van der Waals surface area (Å²) in [7, 11) is 0. The molecule has 0 radical (unpaired) electrons. The summed E-state index contributed by atoms with van der Waals surface area (Å²) in [5.74, 6) is 1.96. The maximum Gasteiger partial charge on any atom is 0.118 e. The maximum absolute atomic E-state index is 5.82. The van der Waals surface area contributed by atoms with Gasteiger partial charge < -0.3 is 8.98 Å². The lowest BCUT2D eigenvalue weighted by molar-refractivity contribution is 0.228. The van der Waals surface area contributed by atoms with Gasteiger partial charge in [0.15, 0.2) is 0 Å². The van der Waals surface area contributed by atoms with Crippen molar-refractivity contribution in [2.45, 2.75) is 33.0 Å². The average molecular weight is 360 g/mol. The van der Waals surface area contributed by atoms with Crippen LogP contribution in [-0.4, -0.2) is 26.0 Å². The highest BCUT2D eigenvalue weighted by Crippen LogP contribution is 2.20. The van der Waals surface area contributed by atoms with E-state index in [0.717, 1.165) is 49.6 Å². The highest BCUT2D eigenvalue weighted by molar-refractivity contribution is 5.81. The monoisotopic (exact) mass is 360 g/mol. The lowest BCUT2D eigenvalue weighted by Crippen LogP contribution is -2.25. The van der Waals surface area contributed by atoms with Crippen molar-refractivity contribution >= 4 is 10.9 Å². The third kappa shape index (κ3) is 4.44. The van der Waals surface area contributed by atoms with Gasteiger partial charge in [-0.1, -0.05) is 18.2 Å². The van der Waals surface area contributed by atoms with Crippen molar-refractivity contribution in [3.05, 3.63) is 84.5 Å². The number of imidazole rings is 1. The van der Waals surface area contributed by atoms with Crippen LogP contribution in [0.3, 0.4) is 0 Å². The Morgan fingerprint density at radius 3 is 2.78 bits per heavy atom. The van der Waals surface area contributed by atoms with Gasteiger partial charge in [0.2, 0.25) is 0 Å². The number of furan rings is 1. The van der Waals surface area contributed by atoms with Gasteiger partial charge >= 0.3 is 0 Å². The van der Waals surface area contributed by atoms with Crippen molar-refractivity contribution < 1.29 is 4.42 Å². The fraction of sp³-hybridized carbons (Fsp3) is 0.273. The van der Waals surface area contributed by atoms with E-state index in [1.807, 2.05) is 44.0 Å². The Hall–Kier alpha value is -2.92. The van der Waals surface area contributed by atoms with E-state index in [9.17, 15) is 0 Å². The minimum Gasteiger partial charge on any atom is -0.465 e. The molecule has 4 rings (SSSR count). The number of hydrogen-bond donors (Lipinski definition) is 0. The largest absolute Gasteiger partial charge is 0.465 e. The van der Waals surface area contributed by atoms with Crippen LogP contribution < -0.4 is 0 Å². The van der Waals surface area contributed by atoms with Crippen LogP contribution >= 0.6 is 0 Å². The van der Waals surface area contributed by atoms with Crippen molar-refractivity contribution in [3.8, 4) is 0 Å². The van der Waals surface area contributed by atoms with Gasteiger partial charge in [0.05, 0.1) is 18.4 Å². The SMILES string of the molecule is Cc1ccc(CN(CCCn2ccnc2)Cc2ccnc3ccccc23)o1. The normalized spacial score (nSPS) is 11.5. The van der Waals surface area contributed by atoms with Gasteiger partial charge in [-0.2, -0.15) is 0 Å². The zero-order valence-electron chi connectivity index (χ0n) is 15.6. The molecule has 5 nitrogen and oxygen atoms in total. The minimum absolute atomic E-state index is 0.800. The predicted octanol–water partition coefficient (Wildman–Crippen LogP) is 4.43. The molecule has 0 N–H and O–H groups in total. The molecule has 0 aliphatic rings. The second-order valence-electron chi connectivity index (χ2n) is 6.86. The number of aromatic nitrogens is 3. The molecule has 0 saturated heterocycles. The lowest BCUT2D eigenvalue weighted by Gasteiger charge is -2.22. The minimum atomic E-state index is 0.800. The van der Waals surface area contributed by atoms with Gasteiger partial charge in [-0.05, 0) is 43.2 Å². The molecule has 1 aromatic carbocycles. The van der Waals surface area contributed by atoms with Crippen molar-refractivity contribution in [3.63, 3.8) is 0 Å².